The van der Waals surface area contributed by atoms with Crippen molar-refractivity contribution >= 4 is 17.6 Å². The summed E-state index contributed by atoms with van der Waals surface area (Å²) < 4.78 is 16.7. The highest BCUT2D eigenvalue weighted by atomic mass is 16.5. The van der Waals surface area contributed by atoms with Crippen LogP contribution >= 0.6 is 0 Å². The fraction of sp³-hybridized carbons (Fsp3) is 0.636. The summed E-state index contributed by atoms with van der Waals surface area (Å²) in [6, 6.07) is 5.08. The number of hydrogen-bond donors (Lipinski definition) is 1. The molecule has 0 unspecified atom stereocenters. The monoisotopic (exact) mass is 391 g/mol. The van der Waals surface area contributed by atoms with Crippen LogP contribution in [0.3, 0.4) is 0 Å². The fourth-order valence-corrected chi connectivity index (χ4v) is 3.45. The third-order valence-electron chi connectivity index (χ3n) is 5.35. The molecule has 0 aliphatic heterocycles. The summed E-state index contributed by atoms with van der Waals surface area (Å²) in [4.78, 5) is 25.4. The topological polar surface area (TPSA) is 73.9 Å². The summed E-state index contributed by atoms with van der Waals surface area (Å²) in [6.45, 7) is 5.98. The molecule has 1 aliphatic rings. The number of amides is 1. The zero-order valence-corrected chi connectivity index (χ0v) is 17.5. The standard InChI is InChI=1S/C22H33NO5/c1-5-16(3)28-19-12-11-17(15-18(19)20(24)27-6-2)23-21(25)22(26-4)13-9-7-8-10-14-22/h11-12,15-16H,5-10,13-14H2,1-4H3,(H,23,25)/t16-/m0/s1. The Morgan fingerprint density at radius 3 is 2.39 bits per heavy atom. The molecule has 2 rings (SSSR count). The minimum absolute atomic E-state index is 0.0311. The third kappa shape index (κ3) is 5.47. The number of carbonyl (C=O) groups is 2. The second-order valence-electron chi connectivity index (χ2n) is 7.33. The Labute approximate surface area is 167 Å². The second-order valence-corrected chi connectivity index (χ2v) is 7.33. The molecule has 1 saturated carbocycles. The third-order valence-corrected chi connectivity index (χ3v) is 5.35. The lowest BCUT2D eigenvalue weighted by Crippen LogP contribution is -2.44. The van der Waals surface area contributed by atoms with Gasteiger partial charge < -0.3 is 19.5 Å². The molecule has 6 heteroatoms. The molecule has 0 spiro atoms. The van der Waals surface area contributed by atoms with Crippen molar-refractivity contribution in [2.75, 3.05) is 19.0 Å². The molecule has 1 N–H and O–H groups in total. The highest BCUT2D eigenvalue weighted by Gasteiger charge is 2.38. The van der Waals surface area contributed by atoms with E-state index in [1.807, 2.05) is 13.8 Å². The first-order valence-electron chi connectivity index (χ1n) is 10.3. The van der Waals surface area contributed by atoms with Crippen LogP contribution in [0, 0.1) is 0 Å². The van der Waals surface area contributed by atoms with Crippen molar-refractivity contribution < 1.29 is 23.8 Å². The largest absolute Gasteiger partial charge is 0.490 e. The molecule has 0 saturated heterocycles. The molecule has 1 aromatic carbocycles. The molecule has 0 bridgehead atoms. The number of hydrogen-bond acceptors (Lipinski definition) is 5. The van der Waals surface area contributed by atoms with E-state index < -0.39 is 11.6 Å². The molecule has 1 aliphatic carbocycles. The summed E-state index contributed by atoms with van der Waals surface area (Å²) in [5, 5.41) is 2.94. The summed E-state index contributed by atoms with van der Waals surface area (Å²) in [5.41, 5.74) is 0.0319. The average molecular weight is 392 g/mol. The van der Waals surface area contributed by atoms with Gasteiger partial charge in [-0.05, 0) is 51.3 Å². The first-order chi connectivity index (χ1) is 13.5. The van der Waals surface area contributed by atoms with E-state index in [2.05, 4.69) is 5.32 Å². The molecular formula is C22H33NO5. The predicted octanol–water partition coefficient (Wildman–Crippen LogP) is 4.72. The van der Waals surface area contributed by atoms with Gasteiger partial charge in [0.25, 0.3) is 5.91 Å². The number of ether oxygens (including phenoxy) is 3. The molecule has 1 fully saturated rings. The molecule has 1 atom stereocenters. The molecule has 0 aromatic heterocycles. The van der Waals surface area contributed by atoms with Gasteiger partial charge in [-0.3, -0.25) is 4.79 Å². The van der Waals surface area contributed by atoms with Crippen LogP contribution in [0.4, 0.5) is 5.69 Å². The van der Waals surface area contributed by atoms with Crippen molar-refractivity contribution in [1.29, 1.82) is 0 Å². The van der Waals surface area contributed by atoms with Crippen LogP contribution in [0.1, 0.15) is 76.1 Å². The molecule has 0 heterocycles. The van der Waals surface area contributed by atoms with Crippen LogP contribution in [0.2, 0.25) is 0 Å². The van der Waals surface area contributed by atoms with Crippen molar-refractivity contribution in [2.45, 2.75) is 77.4 Å². The first-order valence-corrected chi connectivity index (χ1v) is 10.3. The summed E-state index contributed by atoms with van der Waals surface area (Å²) >= 11 is 0. The van der Waals surface area contributed by atoms with Gasteiger partial charge in [-0.25, -0.2) is 4.79 Å². The lowest BCUT2D eigenvalue weighted by Gasteiger charge is -2.30. The van der Waals surface area contributed by atoms with Gasteiger partial charge >= 0.3 is 5.97 Å². The van der Waals surface area contributed by atoms with Crippen LogP contribution in [0.25, 0.3) is 0 Å². The van der Waals surface area contributed by atoms with Crippen LogP contribution in [-0.2, 0) is 14.3 Å². The fourth-order valence-electron chi connectivity index (χ4n) is 3.45. The molecule has 1 amide bonds. The molecule has 6 nitrogen and oxygen atoms in total. The Morgan fingerprint density at radius 1 is 1.14 bits per heavy atom. The summed E-state index contributed by atoms with van der Waals surface area (Å²) in [7, 11) is 1.60. The molecule has 156 valence electrons. The Hall–Kier alpha value is -2.08. The lowest BCUT2D eigenvalue weighted by atomic mass is 9.93. The van der Waals surface area contributed by atoms with Crippen molar-refractivity contribution in [3.05, 3.63) is 23.8 Å². The van der Waals surface area contributed by atoms with E-state index in [0.717, 1.165) is 32.1 Å². The number of methoxy groups -OCH3 is 1. The van der Waals surface area contributed by atoms with Gasteiger partial charge in [-0.15, -0.1) is 0 Å². The molecule has 1 aromatic rings. The number of anilines is 1. The van der Waals surface area contributed by atoms with Crippen molar-refractivity contribution in [2.24, 2.45) is 0 Å². The maximum atomic E-state index is 13.0. The predicted molar refractivity (Wildman–Crippen MR) is 109 cm³/mol. The van der Waals surface area contributed by atoms with Crippen LogP contribution < -0.4 is 10.1 Å². The normalized spacial score (nSPS) is 17.3. The van der Waals surface area contributed by atoms with Crippen molar-refractivity contribution in [3.8, 4) is 5.75 Å². The van der Waals surface area contributed by atoms with Crippen LogP contribution in [-0.4, -0.2) is 37.3 Å². The Kier molecular flexibility index (Phi) is 8.30. The maximum Gasteiger partial charge on any atom is 0.341 e. The van der Waals surface area contributed by atoms with Gasteiger partial charge in [0.15, 0.2) is 0 Å². The maximum absolute atomic E-state index is 13.0. The van der Waals surface area contributed by atoms with E-state index in [0.29, 0.717) is 29.8 Å². The van der Waals surface area contributed by atoms with Gasteiger partial charge in [0, 0.05) is 12.8 Å². The highest BCUT2D eigenvalue weighted by molar-refractivity contribution is 5.99. The zero-order valence-electron chi connectivity index (χ0n) is 17.5. The van der Waals surface area contributed by atoms with Gasteiger partial charge in [0.05, 0.1) is 12.7 Å². The minimum atomic E-state index is -0.813. The van der Waals surface area contributed by atoms with E-state index >= 15 is 0 Å². The first kappa shape index (κ1) is 22.2. The van der Waals surface area contributed by atoms with Gasteiger partial charge in [0.1, 0.15) is 16.9 Å². The SMILES string of the molecule is CCOC(=O)c1cc(NC(=O)C2(OC)CCCCCC2)ccc1O[C@@H](C)CC. The molecule has 28 heavy (non-hydrogen) atoms. The average Bonchev–Trinajstić information content (AvgIpc) is 2.95. The second kappa shape index (κ2) is 10.5. The number of esters is 1. The Morgan fingerprint density at radius 2 is 1.82 bits per heavy atom. The van der Waals surface area contributed by atoms with Crippen LogP contribution in [0.15, 0.2) is 18.2 Å². The smallest absolute Gasteiger partial charge is 0.341 e. The Balaban J connectivity index is 2.25. The number of nitrogens with one attached hydrogen (secondary N) is 1. The molecular weight excluding hydrogens is 358 g/mol. The summed E-state index contributed by atoms with van der Waals surface area (Å²) in [5.74, 6) is -0.170. The van der Waals surface area contributed by atoms with E-state index in [9.17, 15) is 9.59 Å². The van der Waals surface area contributed by atoms with Gasteiger partial charge in [-0.1, -0.05) is 32.6 Å². The van der Waals surface area contributed by atoms with E-state index in [1.54, 1.807) is 32.2 Å². The summed E-state index contributed by atoms with van der Waals surface area (Å²) in [6.07, 6.45) is 6.37. The van der Waals surface area contributed by atoms with Crippen molar-refractivity contribution in [3.63, 3.8) is 0 Å². The number of benzene rings is 1. The number of carbonyl (C=O) groups excluding carboxylic acids is 2. The minimum Gasteiger partial charge on any atom is -0.490 e. The van der Waals surface area contributed by atoms with Gasteiger partial charge in [-0.2, -0.15) is 0 Å². The van der Waals surface area contributed by atoms with Crippen molar-refractivity contribution in [1.82, 2.24) is 0 Å². The van der Waals surface area contributed by atoms with Crippen LogP contribution in [0.5, 0.6) is 5.75 Å². The van der Waals surface area contributed by atoms with E-state index in [-0.39, 0.29) is 18.6 Å². The molecule has 0 radical (unpaired) electrons. The lowest BCUT2D eigenvalue weighted by molar-refractivity contribution is -0.139. The quantitative estimate of drug-likeness (QED) is 0.513. The Bertz CT molecular complexity index is 665. The van der Waals surface area contributed by atoms with E-state index in [1.165, 1.54) is 0 Å². The van der Waals surface area contributed by atoms with Gasteiger partial charge in [0.2, 0.25) is 0 Å². The highest BCUT2D eigenvalue weighted by Crippen LogP contribution is 2.32. The zero-order chi connectivity index (χ0) is 20.6. The number of rotatable bonds is 8. The van der Waals surface area contributed by atoms with E-state index in [4.69, 9.17) is 14.2 Å².